The third kappa shape index (κ3) is 2.17. The molecule has 3 aromatic rings. The molecule has 3 aromatic heterocycles. The summed E-state index contributed by atoms with van der Waals surface area (Å²) >= 11 is 0. The number of aromatic nitrogens is 3. The third-order valence-corrected chi connectivity index (χ3v) is 4.12. The average Bonchev–Trinajstić information content (AvgIpc) is 3.17. The van der Waals surface area contributed by atoms with Gasteiger partial charge in [0.2, 0.25) is 0 Å². The zero-order chi connectivity index (χ0) is 14.2. The van der Waals surface area contributed by atoms with Gasteiger partial charge >= 0.3 is 0 Å². The highest BCUT2D eigenvalue weighted by molar-refractivity contribution is 5.65. The van der Waals surface area contributed by atoms with Crippen molar-refractivity contribution in [1.29, 1.82) is 0 Å². The van der Waals surface area contributed by atoms with Crippen LogP contribution in [0.15, 0.2) is 42.9 Å². The first-order chi connectivity index (χ1) is 10.3. The molecule has 106 valence electrons. The van der Waals surface area contributed by atoms with Crippen molar-refractivity contribution in [3.63, 3.8) is 0 Å². The van der Waals surface area contributed by atoms with Gasteiger partial charge in [-0.05, 0) is 49.6 Å². The Balaban J connectivity index is 1.76. The first kappa shape index (κ1) is 12.4. The second-order valence-electron chi connectivity index (χ2n) is 5.67. The van der Waals surface area contributed by atoms with E-state index in [1.165, 1.54) is 18.4 Å². The van der Waals surface area contributed by atoms with Crippen molar-refractivity contribution in [3.8, 4) is 11.3 Å². The van der Waals surface area contributed by atoms with E-state index in [1.807, 2.05) is 18.6 Å². The molecule has 1 aliphatic heterocycles. The minimum atomic E-state index is 0.980. The van der Waals surface area contributed by atoms with E-state index in [1.54, 1.807) is 0 Å². The van der Waals surface area contributed by atoms with Crippen molar-refractivity contribution >= 4 is 11.5 Å². The zero-order valence-electron chi connectivity index (χ0n) is 12.2. The Morgan fingerprint density at radius 2 is 1.90 bits per heavy atom. The molecule has 21 heavy (non-hydrogen) atoms. The van der Waals surface area contributed by atoms with Crippen LogP contribution in [0, 0.1) is 6.92 Å². The van der Waals surface area contributed by atoms with E-state index in [4.69, 9.17) is 0 Å². The molecule has 0 unspecified atom stereocenters. The SMILES string of the molecule is Cc1cc(-c2ccc(N3CCCC3)nc2)n2ccnc2c1. The number of imidazole rings is 1. The fraction of sp³-hybridized carbons (Fsp3) is 0.294. The normalized spacial score (nSPS) is 15.0. The Hall–Kier alpha value is -2.36. The van der Waals surface area contributed by atoms with E-state index in [-0.39, 0.29) is 0 Å². The molecule has 1 aliphatic rings. The standard InChI is InChI=1S/C17H18N4/c1-13-10-15(21-9-6-18-17(21)11-13)14-4-5-16(19-12-14)20-7-2-3-8-20/h4-6,9-12H,2-3,7-8H2,1H3. The molecule has 0 bridgehead atoms. The molecule has 0 amide bonds. The van der Waals surface area contributed by atoms with Crippen molar-refractivity contribution in [1.82, 2.24) is 14.4 Å². The molecular formula is C17H18N4. The van der Waals surface area contributed by atoms with E-state index in [9.17, 15) is 0 Å². The minimum absolute atomic E-state index is 0.980. The van der Waals surface area contributed by atoms with Crippen LogP contribution in [0.1, 0.15) is 18.4 Å². The number of hydrogen-bond donors (Lipinski definition) is 0. The average molecular weight is 278 g/mol. The molecule has 0 N–H and O–H groups in total. The van der Waals surface area contributed by atoms with E-state index in [0.29, 0.717) is 0 Å². The van der Waals surface area contributed by atoms with Gasteiger partial charge in [-0.15, -0.1) is 0 Å². The van der Waals surface area contributed by atoms with Gasteiger partial charge in [0.25, 0.3) is 0 Å². The van der Waals surface area contributed by atoms with Gasteiger partial charge in [0, 0.05) is 37.2 Å². The number of hydrogen-bond acceptors (Lipinski definition) is 3. The van der Waals surface area contributed by atoms with Gasteiger partial charge in [0.15, 0.2) is 0 Å². The van der Waals surface area contributed by atoms with Crippen LogP contribution >= 0.6 is 0 Å². The second kappa shape index (κ2) is 4.88. The molecule has 0 radical (unpaired) electrons. The zero-order valence-corrected chi connectivity index (χ0v) is 12.2. The highest BCUT2D eigenvalue weighted by Gasteiger charge is 2.13. The van der Waals surface area contributed by atoms with Crippen molar-refractivity contribution in [2.45, 2.75) is 19.8 Å². The Labute approximate surface area is 124 Å². The summed E-state index contributed by atoms with van der Waals surface area (Å²) in [5.74, 6) is 1.09. The maximum Gasteiger partial charge on any atom is 0.137 e. The predicted octanol–water partition coefficient (Wildman–Crippen LogP) is 3.30. The summed E-state index contributed by atoms with van der Waals surface area (Å²) < 4.78 is 2.11. The molecule has 1 saturated heterocycles. The summed E-state index contributed by atoms with van der Waals surface area (Å²) in [6.45, 7) is 4.36. The van der Waals surface area contributed by atoms with Crippen LogP contribution in [-0.2, 0) is 0 Å². The van der Waals surface area contributed by atoms with Crippen LogP contribution in [0.25, 0.3) is 16.9 Å². The Morgan fingerprint density at radius 3 is 2.67 bits per heavy atom. The quantitative estimate of drug-likeness (QED) is 0.721. The molecule has 0 saturated carbocycles. The molecule has 4 rings (SSSR count). The van der Waals surface area contributed by atoms with E-state index < -0.39 is 0 Å². The molecule has 4 heterocycles. The summed E-state index contributed by atoms with van der Waals surface area (Å²) in [7, 11) is 0. The summed E-state index contributed by atoms with van der Waals surface area (Å²) in [4.78, 5) is 11.4. The number of anilines is 1. The monoisotopic (exact) mass is 278 g/mol. The van der Waals surface area contributed by atoms with E-state index >= 15 is 0 Å². The smallest absolute Gasteiger partial charge is 0.137 e. The predicted molar refractivity (Wildman–Crippen MR) is 84.6 cm³/mol. The fourth-order valence-corrected chi connectivity index (χ4v) is 3.05. The fourth-order valence-electron chi connectivity index (χ4n) is 3.05. The highest BCUT2D eigenvalue weighted by Crippen LogP contribution is 2.24. The van der Waals surface area contributed by atoms with Crippen LogP contribution in [0.2, 0.25) is 0 Å². The van der Waals surface area contributed by atoms with Gasteiger partial charge < -0.3 is 4.90 Å². The number of fused-ring (bicyclic) bond motifs is 1. The lowest BCUT2D eigenvalue weighted by Crippen LogP contribution is -2.18. The molecule has 0 atom stereocenters. The van der Waals surface area contributed by atoms with Crippen molar-refractivity contribution in [2.24, 2.45) is 0 Å². The van der Waals surface area contributed by atoms with Gasteiger partial charge in [-0.2, -0.15) is 0 Å². The first-order valence-corrected chi connectivity index (χ1v) is 7.46. The Bertz CT molecular complexity index is 767. The lowest BCUT2D eigenvalue weighted by atomic mass is 10.1. The molecule has 4 heteroatoms. The molecule has 4 nitrogen and oxygen atoms in total. The molecule has 1 fully saturated rings. The van der Waals surface area contributed by atoms with Crippen molar-refractivity contribution in [2.75, 3.05) is 18.0 Å². The first-order valence-electron chi connectivity index (χ1n) is 7.46. The topological polar surface area (TPSA) is 33.4 Å². The second-order valence-corrected chi connectivity index (χ2v) is 5.67. The maximum absolute atomic E-state index is 4.65. The summed E-state index contributed by atoms with van der Waals surface area (Å²) in [5, 5.41) is 0. The van der Waals surface area contributed by atoms with Gasteiger partial charge in [0.05, 0.1) is 5.69 Å². The number of pyridine rings is 2. The third-order valence-electron chi connectivity index (χ3n) is 4.12. The van der Waals surface area contributed by atoms with Crippen molar-refractivity contribution < 1.29 is 0 Å². The molecule has 0 aliphatic carbocycles. The summed E-state index contributed by atoms with van der Waals surface area (Å²) in [6.07, 6.45) is 8.36. The van der Waals surface area contributed by atoms with Gasteiger partial charge in [0.1, 0.15) is 11.5 Å². The molecule has 0 spiro atoms. The lowest BCUT2D eigenvalue weighted by molar-refractivity contribution is 0.937. The van der Waals surface area contributed by atoms with Crippen molar-refractivity contribution in [3.05, 3.63) is 48.4 Å². The number of aryl methyl sites for hydroxylation is 1. The summed E-state index contributed by atoms with van der Waals surface area (Å²) in [5.41, 5.74) is 4.47. The van der Waals surface area contributed by atoms with Gasteiger partial charge in [-0.3, -0.25) is 4.40 Å². The molecule has 0 aromatic carbocycles. The Morgan fingerprint density at radius 1 is 1.05 bits per heavy atom. The van der Waals surface area contributed by atoms with Crippen LogP contribution < -0.4 is 4.90 Å². The number of nitrogens with zero attached hydrogens (tertiary/aromatic N) is 4. The van der Waals surface area contributed by atoms with Crippen LogP contribution in [-0.4, -0.2) is 27.5 Å². The largest absolute Gasteiger partial charge is 0.357 e. The van der Waals surface area contributed by atoms with Gasteiger partial charge in [-0.1, -0.05) is 0 Å². The molecular weight excluding hydrogens is 260 g/mol. The van der Waals surface area contributed by atoms with Crippen LogP contribution in [0.4, 0.5) is 5.82 Å². The summed E-state index contributed by atoms with van der Waals surface area (Å²) in [6, 6.07) is 8.57. The lowest BCUT2D eigenvalue weighted by Gasteiger charge is -2.16. The number of rotatable bonds is 2. The minimum Gasteiger partial charge on any atom is -0.357 e. The maximum atomic E-state index is 4.65. The van der Waals surface area contributed by atoms with Crippen LogP contribution in [0.3, 0.4) is 0 Å². The van der Waals surface area contributed by atoms with E-state index in [2.05, 4.69) is 50.5 Å². The van der Waals surface area contributed by atoms with Gasteiger partial charge in [-0.25, -0.2) is 9.97 Å². The van der Waals surface area contributed by atoms with Crippen LogP contribution in [0.5, 0.6) is 0 Å². The highest BCUT2D eigenvalue weighted by atomic mass is 15.2. The van der Waals surface area contributed by atoms with E-state index in [0.717, 1.165) is 35.8 Å². The Kier molecular flexibility index (Phi) is 2.88.